The quantitative estimate of drug-likeness (QED) is 0.886. The molecule has 1 aliphatic rings. The van der Waals surface area contributed by atoms with Crippen LogP contribution in [0.1, 0.15) is 37.4 Å². The Balaban J connectivity index is 2.22. The number of fused-ring (bicyclic) bond motifs is 1. The number of hydrogen-bond donors (Lipinski definition) is 1. The number of rotatable bonds is 3. The molecule has 1 amide bonds. The van der Waals surface area contributed by atoms with Gasteiger partial charge in [0.25, 0.3) is 0 Å². The van der Waals surface area contributed by atoms with E-state index in [0.29, 0.717) is 0 Å². The summed E-state index contributed by atoms with van der Waals surface area (Å²) >= 11 is 0. The average molecular weight is 246 g/mol. The van der Waals surface area contributed by atoms with Crippen molar-refractivity contribution in [1.29, 1.82) is 0 Å². The topological polar surface area (TPSA) is 32.3 Å². The lowest BCUT2D eigenvalue weighted by Crippen LogP contribution is -2.52. The average Bonchev–Trinajstić information content (AvgIpc) is 2.80. The van der Waals surface area contributed by atoms with Gasteiger partial charge in [0.15, 0.2) is 0 Å². The zero-order valence-electron chi connectivity index (χ0n) is 11.7. The molecule has 1 atom stereocenters. The van der Waals surface area contributed by atoms with Crippen molar-refractivity contribution < 1.29 is 4.79 Å². The van der Waals surface area contributed by atoms with Crippen LogP contribution in [0.15, 0.2) is 24.3 Å². The molecule has 18 heavy (non-hydrogen) atoms. The van der Waals surface area contributed by atoms with E-state index >= 15 is 0 Å². The van der Waals surface area contributed by atoms with Crippen LogP contribution >= 0.6 is 0 Å². The Morgan fingerprint density at radius 3 is 2.72 bits per heavy atom. The van der Waals surface area contributed by atoms with Crippen LogP contribution in [0.3, 0.4) is 0 Å². The van der Waals surface area contributed by atoms with E-state index < -0.39 is 5.54 Å². The Hall–Kier alpha value is -1.35. The lowest BCUT2D eigenvalue weighted by Gasteiger charge is -2.33. The van der Waals surface area contributed by atoms with Gasteiger partial charge in [-0.05, 0) is 44.9 Å². The molecular weight excluding hydrogens is 224 g/mol. The Morgan fingerprint density at radius 2 is 2.06 bits per heavy atom. The molecular formula is C15H22N2O. The molecule has 1 aromatic rings. The number of hydrogen-bond acceptors (Lipinski definition) is 2. The van der Waals surface area contributed by atoms with Gasteiger partial charge in [-0.25, -0.2) is 0 Å². The predicted molar refractivity (Wildman–Crippen MR) is 73.4 cm³/mol. The highest BCUT2D eigenvalue weighted by Crippen LogP contribution is 2.35. The first-order chi connectivity index (χ1) is 8.47. The van der Waals surface area contributed by atoms with Crippen LogP contribution in [0, 0.1) is 0 Å². The second kappa shape index (κ2) is 4.73. The van der Waals surface area contributed by atoms with Gasteiger partial charge in [0.2, 0.25) is 5.91 Å². The molecule has 1 N–H and O–H groups in total. The summed E-state index contributed by atoms with van der Waals surface area (Å²) in [4.78, 5) is 14.3. The third kappa shape index (κ3) is 2.15. The number of likely N-dealkylation sites (N-methyl/N-ethyl adjacent to an activating group) is 2. The van der Waals surface area contributed by atoms with E-state index in [-0.39, 0.29) is 11.9 Å². The first kappa shape index (κ1) is 13.1. The summed E-state index contributed by atoms with van der Waals surface area (Å²) < 4.78 is 0. The number of nitrogens with zero attached hydrogens (tertiary/aromatic N) is 1. The van der Waals surface area contributed by atoms with E-state index in [9.17, 15) is 4.79 Å². The summed E-state index contributed by atoms with van der Waals surface area (Å²) in [5.74, 6) is 0.145. The van der Waals surface area contributed by atoms with Crippen molar-refractivity contribution in [2.24, 2.45) is 0 Å². The number of carbonyl (C=O) groups is 1. The van der Waals surface area contributed by atoms with Crippen LogP contribution in [-0.4, -0.2) is 30.4 Å². The SMILES string of the molecule is CNC(C)(C)C(=O)N(C)C1CCc2ccccc21. The van der Waals surface area contributed by atoms with Crippen molar-refractivity contribution >= 4 is 5.91 Å². The minimum absolute atomic E-state index is 0.145. The van der Waals surface area contributed by atoms with Gasteiger partial charge in [-0.15, -0.1) is 0 Å². The fourth-order valence-electron chi connectivity index (χ4n) is 2.63. The summed E-state index contributed by atoms with van der Waals surface area (Å²) in [5.41, 5.74) is 2.18. The Bertz CT molecular complexity index is 454. The molecule has 0 saturated heterocycles. The van der Waals surface area contributed by atoms with E-state index in [1.165, 1.54) is 11.1 Å². The molecule has 0 heterocycles. The highest BCUT2D eigenvalue weighted by atomic mass is 16.2. The van der Waals surface area contributed by atoms with E-state index in [1.807, 2.05) is 32.8 Å². The van der Waals surface area contributed by atoms with Gasteiger partial charge >= 0.3 is 0 Å². The van der Waals surface area contributed by atoms with Crippen molar-refractivity contribution in [3.05, 3.63) is 35.4 Å². The summed E-state index contributed by atoms with van der Waals surface area (Å²) in [7, 11) is 3.74. The normalized spacial score (nSPS) is 18.6. The van der Waals surface area contributed by atoms with E-state index in [4.69, 9.17) is 0 Å². The highest BCUT2D eigenvalue weighted by Gasteiger charge is 2.35. The molecule has 3 nitrogen and oxygen atoms in total. The van der Waals surface area contributed by atoms with Crippen molar-refractivity contribution in [3.8, 4) is 0 Å². The largest absolute Gasteiger partial charge is 0.337 e. The number of carbonyl (C=O) groups excluding carboxylic acids is 1. The first-order valence-electron chi connectivity index (χ1n) is 6.51. The van der Waals surface area contributed by atoms with Crippen LogP contribution in [0.2, 0.25) is 0 Å². The Morgan fingerprint density at radius 1 is 1.39 bits per heavy atom. The highest BCUT2D eigenvalue weighted by molar-refractivity contribution is 5.85. The van der Waals surface area contributed by atoms with Gasteiger partial charge in [0.05, 0.1) is 11.6 Å². The molecule has 0 aliphatic heterocycles. The molecule has 0 fully saturated rings. The van der Waals surface area contributed by atoms with Crippen LogP contribution in [0.4, 0.5) is 0 Å². The monoisotopic (exact) mass is 246 g/mol. The Kier molecular flexibility index (Phi) is 3.44. The summed E-state index contributed by atoms with van der Waals surface area (Å²) in [6.07, 6.45) is 2.10. The van der Waals surface area contributed by atoms with Crippen molar-refractivity contribution in [3.63, 3.8) is 0 Å². The van der Waals surface area contributed by atoms with Gasteiger partial charge in [-0.2, -0.15) is 0 Å². The van der Waals surface area contributed by atoms with Crippen LogP contribution in [0.5, 0.6) is 0 Å². The van der Waals surface area contributed by atoms with Crippen LogP contribution in [0.25, 0.3) is 0 Å². The molecule has 0 radical (unpaired) electrons. The number of benzene rings is 1. The summed E-state index contributed by atoms with van der Waals surface area (Å²) in [6.45, 7) is 3.85. The predicted octanol–water partition coefficient (Wildman–Crippen LogP) is 2.13. The minimum Gasteiger partial charge on any atom is -0.337 e. The molecule has 0 spiro atoms. The fraction of sp³-hybridized carbons (Fsp3) is 0.533. The molecule has 0 bridgehead atoms. The molecule has 0 saturated carbocycles. The van der Waals surface area contributed by atoms with Gasteiger partial charge < -0.3 is 10.2 Å². The zero-order chi connectivity index (χ0) is 13.3. The second-order valence-corrected chi connectivity index (χ2v) is 5.54. The molecule has 1 unspecified atom stereocenters. The fourth-order valence-corrected chi connectivity index (χ4v) is 2.63. The molecule has 3 heteroatoms. The smallest absolute Gasteiger partial charge is 0.242 e. The lowest BCUT2D eigenvalue weighted by molar-refractivity contribution is -0.137. The van der Waals surface area contributed by atoms with Crippen molar-refractivity contribution in [2.75, 3.05) is 14.1 Å². The van der Waals surface area contributed by atoms with Gasteiger partial charge in [-0.1, -0.05) is 24.3 Å². The zero-order valence-corrected chi connectivity index (χ0v) is 11.7. The van der Waals surface area contributed by atoms with E-state index in [0.717, 1.165) is 12.8 Å². The second-order valence-electron chi connectivity index (χ2n) is 5.54. The lowest BCUT2D eigenvalue weighted by atomic mass is 10.0. The maximum absolute atomic E-state index is 12.5. The molecule has 98 valence electrons. The van der Waals surface area contributed by atoms with Crippen molar-refractivity contribution in [1.82, 2.24) is 10.2 Å². The molecule has 1 aromatic carbocycles. The molecule has 1 aliphatic carbocycles. The maximum atomic E-state index is 12.5. The third-order valence-electron chi connectivity index (χ3n) is 4.05. The number of nitrogens with one attached hydrogen (secondary N) is 1. The number of aryl methyl sites for hydroxylation is 1. The van der Waals surface area contributed by atoms with Gasteiger partial charge in [0.1, 0.15) is 0 Å². The summed E-state index contributed by atoms with van der Waals surface area (Å²) in [5, 5.41) is 3.08. The molecule has 0 aromatic heterocycles. The van der Waals surface area contributed by atoms with Crippen LogP contribution < -0.4 is 5.32 Å². The first-order valence-corrected chi connectivity index (χ1v) is 6.51. The van der Waals surface area contributed by atoms with E-state index in [2.05, 4.69) is 29.6 Å². The summed E-state index contributed by atoms with van der Waals surface area (Å²) in [6, 6.07) is 8.65. The molecule has 2 rings (SSSR count). The van der Waals surface area contributed by atoms with Crippen LogP contribution in [-0.2, 0) is 11.2 Å². The maximum Gasteiger partial charge on any atom is 0.242 e. The Labute approximate surface area is 109 Å². The van der Waals surface area contributed by atoms with Crippen molar-refractivity contribution in [2.45, 2.75) is 38.3 Å². The van der Waals surface area contributed by atoms with Gasteiger partial charge in [0, 0.05) is 7.05 Å². The minimum atomic E-state index is -0.508. The van der Waals surface area contributed by atoms with E-state index in [1.54, 1.807) is 0 Å². The standard InChI is InChI=1S/C15H22N2O/c1-15(2,16-3)14(18)17(4)13-10-9-11-7-5-6-8-12(11)13/h5-8,13,16H,9-10H2,1-4H3. The third-order valence-corrected chi connectivity index (χ3v) is 4.05. The van der Waals surface area contributed by atoms with Gasteiger partial charge in [-0.3, -0.25) is 4.79 Å². The number of amides is 1.